The number of methoxy groups -OCH3 is 1. The van der Waals surface area contributed by atoms with E-state index in [9.17, 15) is 0 Å². The Bertz CT molecular complexity index is 342. The molecule has 0 saturated carbocycles. The molecule has 2 heterocycles. The number of halogens is 1. The van der Waals surface area contributed by atoms with Gasteiger partial charge in [-0.25, -0.2) is 4.98 Å². The van der Waals surface area contributed by atoms with E-state index in [-0.39, 0.29) is 6.10 Å². The van der Waals surface area contributed by atoms with Crippen LogP contribution in [0.4, 0.5) is 0 Å². The van der Waals surface area contributed by atoms with Gasteiger partial charge in [-0.1, -0.05) is 0 Å². The minimum atomic E-state index is 0.163. The first-order chi connectivity index (χ1) is 7.29. The third-order valence-corrected chi connectivity index (χ3v) is 2.71. The molecular weight excluding hydrogens is 262 g/mol. The van der Waals surface area contributed by atoms with Crippen molar-refractivity contribution in [3.63, 3.8) is 0 Å². The maximum absolute atomic E-state index is 5.59. The molecule has 15 heavy (non-hydrogen) atoms. The summed E-state index contributed by atoms with van der Waals surface area (Å²) in [6.45, 7) is 1.83. The second-order valence-electron chi connectivity index (χ2n) is 3.24. The van der Waals surface area contributed by atoms with E-state index in [4.69, 9.17) is 9.47 Å². The number of rotatable bonds is 3. The van der Waals surface area contributed by atoms with Crippen molar-refractivity contribution >= 4 is 15.9 Å². The molecule has 1 unspecified atom stereocenters. The van der Waals surface area contributed by atoms with Crippen LogP contribution in [-0.4, -0.2) is 36.3 Å². The SMILES string of the molecule is COc1nc(OC2CCNC2)ncc1Br. The summed E-state index contributed by atoms with van der Waals surface area (Å²) in [5, 5.41) is 3.21. The second-order valence-corrected chi connectivity index (χ2v) is 4.10. The fourth-order valence-electron chi connectivity index (χ4n) is 1.41. The maximum atomic E-state index is 5.59. The standard InChI is InChI=1S/C9H12BrN3O2/c1-14-8-7(10)5-12-9(13-8)15-6-2-3-11-4-6/h5-6,11H,2-4H2,1H3. The normalized spacial score (nSPS) is 20.3. The van der Waals surface area contributed by atoms with Crippen LogP contribution in [0.1, 0.15) is 6.42 Å². The molecule has 1 aromatic heterocycles. The second kappa shape index (κ2) is 4.76. The molecule has 1 aliphatic heterocycles. The van der Waals surface area contributed by atoms with E-state index in [1.165, 1.54) is 0 Å². The van der Waals surface area contributed by atoms with Crippen LogP contribution < -0.4 is 14.8 Å². The van der Waals surface area contributed by atoms with Gasteiger partial charge in [0.25, 0.3) is 0 Å². The predicted molar refractivity (Wildman–Crippen MR) is 58.2 cm³/mol. The van der Waals surface area contributed by atoms with E-state index in [1.807, 2.05) is 0 Å². The molecule has 1 aromatic rings. The highest BCUT2D eigenvalue weighted by Gasteiger charge is 2.17. The summed E-state index contributed by atoms with van der Waals surface area (Å²) >= 11 is 3.29. The average Bonchev–Trinajstić information content (AvgIpc) is 2.73. The lowest BCUT2D eigenvalue weighted by Crippen LogP contribution is -2.20. The van der Waals surface area contributed by atoms with Crippen molar-refractivity contribution in [1.82, 2.24) is 15.3 Å². The van der Waals surface area contributed by atoms with Crippen molar-refractivity contribution in [3.05, 3.63) is 10.7 Å². The third kappa shape index (κ3) is 2.57. The van der Waals surface area contributed by atoms with Crippen LogP contribution in [0.15, 0.2) is 10.7 Å². The van der Waals surface area contributed by atoms with Gasteiger partial charge < -0.3 is 14.8 Å². The molecule has 0 aromatic carbocycles. The number of hydrogen-bond donors (Lipinski definition) is 1. The Balaban J connectivity index is 2.07. The Labute approximate surface area is 96.3 Å². The minimum absolute atomic E-state index is 0.163. The summed E-state index contributed by atoms with van der Waals surface area (Å²) in [5.74, 6) is 0.492. The Morgan fingerprint density at radius 1 is 1.60 bits per heavy atom. The summed E-state index contributed by atoms with van der Waals surface area (Å²) in [4.78, 5) is 8.19. The Kier molecular flexibility index (Phi) is 3.37. The van der Waals surface area contributed by atoms with Gasteiger partial charge in [-0.3, -0.25) is 0 Å². The minimum Gasteiger partial charge on any atom is -0.480 e. The Morgan fingerprint density at radius 2 is 2.47 bits per heavy atom. The molecule has 1 fully saturated rings. The molecule has 1 saturated heterocycles. The zero-order valence-corrected chi connectivity index (χ0v) is 9.95. The predicted octanol–water partition coefficient (Wildman–Crippen LogP) is 0.988. The van der Waals surface area contributed by atoms with Crippen LogP contribution in [-0.2, 0) is 0 Å². The fourth-order valence-corrected chi connectivity index (χ4v) is 1.77. The monoisotopic (exact) mass is 273 g/mol. The van der Waals surface area contributed by atoms with Gasteiger partial charge in [0.15, 0.2) is 0 Å². The van der Waals surface area contributed by atoms with Crippen molar-refractivity contribution in [1.29, 1.82) is 0 Å². The molecule has 0 amide bonds. The molecule has 0 spiro atoms. The van der Waals surface area contributed by atoms with E-state index in [2.05, 4.69) is 31.2 Å². The molecule has 5 nitrogen and oxygen atoms in total. The van der Waals surface area contributed by atoms with Gasteiger partial charge in [-0.2, -0.15) is 4.98 Å². The number of ether oxygens (including phenoxy) is 2. The molecule has 6 heteroatoms. The van der Waals surface area contributed by atoms with E-state index in [1.54, 1.807) is 13.3 Å². The van der Waals surface area contributed by atoms with Crippen molar-refractivity contribution in [2.45, 2.75) is 12.5 Å². The largest absolute Gasteiger partial charge is 0.480 e. The number of nitrogens with zero attached hydrogens (tertiary/aromatic N) is 2. The van der Waals surface area contributed by atoms with Crippen LogP contribution in [0.5, 0.6) is 11.9 Å². The van der Waals surface area contributed by atoms with E-state index in [0.29, 0.717) is 11.9 Å². The Hall–Kier alpha value is -0.880. The highest BCUT2D eigenvalue weighted by molar-refractivity contribution is 9.10. The number of aromatic nitrogens is 2. The van der Waals surface area contributed by atoms with E-state index >= 15 is 0 Å². The van der Waals surface area contributed by atoms with Crippen molar-refractivity contribution in [2.75, 3.05) is 20.2 Å². The smallest absolute Gasteiger partial charge is 0.320 e. The summed E-state index contributed by atoms with van der Waals surface area (Å²) in [6, 6.07) is 0.365. The number of nitrogens with one attached hydrogen (secondary N) is 1. The van der Waals surface area contributed by atoms with E-state index < -0.39 is 0 Å². The van der Waals surface area contributed by atoms with E-state index in [0.717, 1.165) is 24.0 Å². The van der Waals surface area contributed by atoms with Crippen LogP contribution >= 0.6 is 15.9 Å². The van der Waals surface area contributed by atoms with Crippen LogP contribution in [0.25, 0.3) is 0 Å². The highest BCUT2D eigenvalue weighted by atomic mass is 79.9. The molecule has 1 aliphatic rings. The molecule has 0 aliphatic carbocycles. The third-order valence-electron chi connectivity index (χ3n) is 2.17. The summed E-state index contributed by atoms with van der Waals surface area (Å²) < 4.78 is 11.4. The van der Waals surface area contributed by atoms with Crippen molar-refractivity contribution in [2.24, 2.45) is 0 Å². The van der Waals surface area contributed by atoms with Crippen LogP contribution in [0.2, 0.25) is 0 Å². The zero-order valence-electron chi connectivity index (χ0n) is 8.36. The average molecular weight is 274 g/mol. The van der Waals surface area contributed by atoms with Gasteiger partial charge in [-0.05, 0) is 28.9 Å². The first-order valence-corrected chi connectivity index (χ1v) is 5.53. The van der Waals surface area contributed by atoms with Crippen LogP contribution in [0, 0.1) is 0 Å². The number of hydrogen-bond acceptors (Lipinski definition) is 5. The molecule has 82 valence electrons. The highest BCUT2D eigenvalue weighted by Crippen LogP contribution is 2.23. The van der Waals surface area contributed by atoms with Gasteiger partial charge in [0, 0.05) is 6.54 Å². The molecule has 1 N–H and O–H groups in total. The fraction of sp³-hybridized carbons (Fsp3) is 0.556. The summed E-state index contributed by atoms with van der Waals surface area (Å²) in [5.41, 5.74) is 0. The zero-order chi connectivity index (χ0) is 10.7. The lowest BCUT2D eigenvalue weighted by molar-refractivity contribution is 0.201. The lowest BCUT2D eigenvalue weighted by atomic mass is 10.3. The van der Waals surface area contributed by atoms with Gasteiger partial charge in [0.2, 0.25) is 5.88 Å². The molecule has 1 atom stereocenters. The lowest BCUT2D eigenvalue weighted by Gasteiger charge is -2.11. The quantitative estimate of drug-likeness (QED) is 0.890. The first-order valence-electron chi connectivity index (χ1n) is 4.73. The van der Waals surface area contributed by atoms with Gasteiger partial charge in [0.1, 0.15) is 6.10 Å². The molecule has 0 bridgehead atoms. The van der Waals surface area contributed by atoms with Crippen LogP contribution in [0.3, 0.4) is 0 Å². The summed E-state index contributed by atoms with van der Waals surface area (Å²) in [7, 11) is 1.56. The van der Waals surface area contributed by atoms with Gasteiger partial charge >= 0.3 is 6.01 Å². The van der Waals surface area contributed by atoms with Crippen molar-refractivity contribution < 1.29 is 9.47 Å². The first kappa shape index (κ1) is 10.6. The molecular formula is C9H12BrN3O2. The maximum Gasteiger partial charge on any atom is 0.320 e. The topological polar surface area (TPSA) is 56.3 Å². The molecule has 0 radical (unpaired) electrons. The van der Waals surface area contributed by atoms with Crippen molar-refractivity contribution in [3.8, 4) is 11.9 Å². The molecule has 2 rings (SSSR count). The van der Waals surface area contributed by atoms with Gasteiger partial charge in [-0.15, -0.1) is 0 Å². The summed E-state index contributed by atoms with van der Waals surface area (Å²) in [6.07, 6.45) is 2.78. The Morgan fingerprint density at radius 3 is 3.13 bits per heavy atom. The van der Waals surface area contributed by atoms with Gasteiger partial charge in [0.05, 0.1) is 17.8 Å².